The van der Waals surface area contributed by atoms with Gasteiger partial charge >= 0.3 is 0 Å². The van der Waals surface area contributed by atoms with Gasteiger partial charge in [0, 0.05) is 12.8 Å². The van der Waals surface area contributed by atoms with Crippen molar-refractivity contribution in [3.05, 3.63) is 18.2 Å². The van der Waals surface area contributed by atoms with Crippen LogP contribution < -0.4 is 10.6 Å². The van der Waals surface area contributed by atoms with Gasteiger partial charge in [-0.25, -0.2) is 8.42 Å². The molecule has 0 saturated carbocycles. The van der Waals surface area contributed by atoms with Gasteiger partial charge in [0.15, 0.2) is 9.84 Å². The Balaban J connectivity index is 2.22. The molecule has 20 heavy (non-hydrogen) atoms. The van der Waals surface area contributed by atoms with E-state index in [0.717, 1.165) is 12.8 Å². The van der Waals surface area contributed by atoms with E-state index < -0.39 is 9.84 Å². The molecule has 1 fully saturated rings. The number of amides is 1. The molecule has 110 valence electrons. The van der Waals surface area contributed by atoms with Gasteiger partial charge in [-0.3, -0.25) is 4.79 Å². The fraction of sp³-hybridized carbons (Fsp3) is 0.462. The summed E-state index contributed by atoms with van der Waals surface area (Å²) in [7, 11) is -3.38. The van der Waals surface area contributed by atoms with Gasteiger partial charge in [0.2, 0.25) is 5.91 Å². The number of nitrogens with one attached hydrogen (secondary N) is 2. The molecule has 1 heterocycles. The van der Waals surface area contributed by atoms with E-state index in [1.165, 1.54) is 18.2 Å². The zero-order valence-electron chi connectivity index (χ0n) is 11.4. The summed E-state index contributed by atoms with van der Waals surface area (Å²) < 4.78 is 23.0. The van der Waals surface area contributed by atoms with Crippen LogP contribution >= 0.6 is 0 Å². The first-order chi connectivity index (χ1) is 9.29. The van der Waals surface area contributed by atoms with Crippen LogP contribution in [-0.2, 0) is 14.6 Å². The van der Waals surface area contributed by atoms with E-state index in [9.17, 15) is 18.3 Å². The van der Waals surface area contributed by atoms with E-state index >= 15 is 0 Å². The Bertz CT molecular complexity index is 627. The zero-order valence-corrected chi connectivity index (χ0v) is 12.2. The van der Waals surface area contributed by atoms with Crippen molar-refractivity contribution in [2.24, 2.45) is 11.8 Å². The minimum Gasteiger partial charge on any atom is -0.506 e. The normalized spacial score (nSPS) is 22.7. The number of hydrogen-bond donors (Lipinski definition) is 3. The monoisotopic (exact) mass is 298 g/mol. The number of aromatic hydroxyl groups is 1. The number of phenolic OH excluding ortho intramolecular Hbond substituents is 1. The van der Waals surface area contributed by atoms with Crippen molar-refractivity contribution in [3.8, 4) is 5.75 Å². The highest BCUT2D eigenvalue weighted by atomic mass is 32.2. The topological polar surface area (TPSA) is 95.5 Å². The number of benzene rings is 1. The summed E-state index contributed by atoms with van der Waals surface area (Å²) in [6.45, 7) is 3.32. The molecule has 0 bridgehead atoms. The maximum atomic E-state index is 12.1. The molecule has 1 aromatic rings. The van der Waals surface area contributed by atoms with E-state index in [1.807, 2.05) is 6.92 Å². The number of rotatable bonds is 3. The molecule has 1 aliphatic heterocycles. The lowest BCUT2D eigenvalue weighted by atomic mass is 9.97. The third kappa shape index (κ3) is 3.10. The first kappa shape index (κ1) is 14.8. The molecular formula is C13H18N2O4S. The number of phenols is 1. The molecular weight excluding hydrogens is 280 g/mol. The highest BCUT2D eigenvalue weighted by Gasteiger charge is 2.30. The summed E-state index contributed by atoms with van der Waals surface area (Å²) in [6, 6.07) is 3.85. The van der Waals surface area contributed by atoms with Crippen LogP contribution in [0.25, 0.3) is 0 Å². The van der Waals surface area contributed by atoms with Crippen LogP contribution in [0.4, 0.5) is 5.69 Å². The second-order valence-electron chi connectivity index (χ2n) is 5.18. The minimum atomic E-state index is -3.38. The molecule has 3 N–H and O–H groups in total. The van der Waals surface area contributed by atoms with Crippen LogP contribution in [0.5, 0.6) is 5.75 Å². The fourth-order valence-corrected chi connectivity index (χ4v) is 2.88. The maximum Gasteiger partial charge on any atom is 0.229 e. The summed E-state index contributed by atoms with van der Waals surface area (Å²) in [5.41, 5.74) is 0.122. The van der Waals surface area contributed by atoms with Crippen LogP contribution in [0.15, 0.2) is 23.1 Å². The Morgan fingerprint density at radius 1 is 1.40 bits per heavy atom. The van der Waals surface area contributed by atoms with Gasteiger partial charge in [0.25, 0.3) is 0 Å². The van der Waals surface area contributed by atoms with Crippen molar-refractivity contribution in [3.63, 3.8) is 0 Å². The van der Waals surface area contributed by atoms with E-state index in [2.05, 4.69) is 10.6 Å². The minimum absolute atomic E-state index is 0.0585. The zero-order chi connectivity index (χ0) is 14.9. The molecule has 1 aromatic carbocycles. The average Bonchev–Trinajstić information content (AvgIpc) is 2.77. The lowest BCUT2D eigenvalue weighted by molar-refractivity contribution is -0.120. The smallest absolute Gasteiger partial charge is 0.229 e. The molecule has 1 aliphatic rings. The van der Waals surface area contributed by atoms with Gasteiger partial charge < -0.3 is 15.7 Å². The third-order valence-electron chi connectivity index (χ3n) is 3.51. The number of hydrogen-bond acceptors (Lipinski definition) is 5. The standard InChI is InChI=1S/C13H18N2O4S/c1-8-6-14-7-10(8)13(17)15-11-5-9(20(2,18)19)3-4-12(11)16/h3-5,8,10,14,16H,6-7H2,1-2H3,(H,15,17). The van der Waals surface area contributed by atoms with Crippen molar-refractivity contribution >= 4 is 21.4 Å². The molecule has 6 nitrogen and oxygen atoms in total. The van der Waals surface area contributed by atoms with Crippen molar-refractivity contribution in [2.75, 3.05) is 24.7 Å². The van der Waals surface area contributed by atoms with Gasteiger partial charge in [-0.2, -0.15) is 0 Å². The highest BCUT2D eigenvalue weighted by molar-refractivity contribution is 7.90. The molecule has 0 radical (unpaired) electrons. The number of sulfone groups is 1. The van der Waals surface area contributed by atoms with Crippen molar-refractivity contribution in [1.82, 2.24) is 5.32 Å². The molecule has 1 amide bonds. The van der Waals surface area contributed by atoms with Crippen molar-refractivity contribution < 1.29 is 18.3 Å². The summed E-state index contributed by atoms with van der Waals surface area (Å²) in [4.78, 5) is 12.2. The second-order valence-corrected chi connectivity index (χ2v) is 7.20. The quantitative estimate of drug-likeness (QED) is 0.710. The van der Waals surface area contributed by atoms with Gasteiger partial charge in [-0.15, -0.1) is 0 Å². The first-order valence-electron chi connectivity index (χ1n) is 6.33. The van der Waals surface area contributed by atoms with Crippen molar-refractivity contribution in [2.45, 2.75) is 11.8 Å². The van der Waals surface area contributed by atoms with Gasteiger partial charge in [0.1, 0.15) is 5.75 Å². The predicted octanol–water partition coefficient (Wildman–Crippen LogP) is 0.590. The van der Waals surface area contributed by atoms with Crippen LogP contribution in [0.3, 0.4) is 0 Å². The second kappa shape index (κ2) is 5.41. The number of anilines is 1. The Labute approximate surface area is 118 Å². The molecule has 0 aliphatic carbocycles. The van der Waals surface area contributed by atoms with Crippen LogP contribution in [0.2, 0.25) is 0 Å². The van der Waals surface area contributed by atoms with Gasteiger partial charge in [0.05, 0.1) is 16.5 Å². The summed E-state index contributed by atoms with van der Waals surface area (Å²) in [5, 5.41) is 15.5. The van der Waals surface area contributed by atoms with E-state index in [4.69, 9.17) is 0 Å². The predicted molar refractivity (Wildman–Crippen MR) is 75.4 cm³/mol. The molecule has 0 spiro atoms. The fourth-order valence-electron chi connectivity index (χ4n) is 2.23. The Kier molecular flexibility index (Phi) is 4.01. The Hall–Kier alpha value is -1.60. The molecule has 2 rings (SSSR count). The lowest BCUT2D eigenvalue weighted by Crippen LogP contribution is -2.27. The van der Waals surface area contributed by atoms with Gasteiger partial charge in [-0.05, 0) is 30.7 Å². The first-order valence-corrected chi connectivity index (χ1v) is 8.23. The van der Waals surface area contributed by atoms with Crippen LogP contribution in [0.1, 0.15) is 6.92 Å². The molecule has 2 unspecified atom stereocenters. The molecule has 1 saturated heterocycles. The number of carbonyl (C=O) groups excluding carboxylic acids is 1. The summed E-state index contributed by atoms with van der Waals surface area (Å²) >= 11 is 0. The largest absolute Gasteiger partial charge is 0.506 e. The lowest BCUT2D eigenvalue weighted by Gasteiger charge is -2.15. The average molecular weight is 298 g/mol. The van der Waals surface area contributed by atoms with Gasteiger partial charge in [-0.1, -0.05) is 6.92 Å². The molecule has 0 aromatic heterocycles. The number of carbonyl (C=O) groups is 1. The van der Waals surface area contributed by atoms with E-state index in [1.54, 1.807) is 0 Å². The van der Waals surface area contributed by atoms with E-state index in [0.29, 0.717) is 6.54 Å². The Morgan fingerprint density at radius 3 is 2.65 bits per heavy atom. The maximum absolute atomic E-state index is 12.1. The summed E-state index contributed by atoms with van der Waals surface area (Å²) in [6.07, 6.45) is 1.08. The highest BCUT2D eigenvalue weighted by Crippen LogP contribution is 2.28. The third-order valence-corrected chi connectivity index (χ3v) is 4.62. The van der Waals surface area contributed by atoms with E-state index in [-0.39, 0.29) is 34.1 Å². The SMILES string of the molecule is CC1CNCC1C(=O)Nc1cc(S(C)(=O)=O)ccc1O. The Morgan fingerprint density at radius 2 is 2.10 bits per heavy atom. The van der Waals surface area contributed by atoms with Crippen molar-refractivity contribution in [1.29, 1.82) is 0 Å². The van der Waals surface area contributed by atoms with Crippen LogP contribution in [0, 0.1) is 11.8 Å². The molecule has 7 heteroatoms. The molecule has 2 atom stereocenters. The van der Waals surface area contributed by atoms with Crippen LogP contribution in [-0.4, -0.2) is 38.8 Å². The summed E-state index contributed by atoms with van der Waals surface area (Å²) in [5.74, 6) is -0.348.